The number of benzene rings is 2. The van der Waals surface area contributed by atoms with E-state index < -0.39 is 0 Å². The second kappa shape index (κ2) is 9.57. The fourth-order valence-corrected chi connectivity index (χ4v) is 2.20. The van der Waals surface area contributed by atoms with E-state index in [1.54, 1.807) is 7.11 Å². The van der Waals surface area contributed by atoms with E-state index in [1.165, 1.54) is 5.56 Å². The maximum atomic E-state index is 5.89. The van der Waals surface area contributed by atoms with Crippen LogP contribution in [0.4, 0.5) is 5.69 Å². The highest BCUT2D eigenvalue weighted by atomic mass is 16.5. The highest BCUT2D eigenvalue weighted by molar-refractivity contribution is 5.92. The molecule has 0 saturated heterocycles. The number of nitrogens with two attached hydrogens (primary N) is 1. The lowest BCUT2D eigenvalue weighted by atomic mass is 10.1. The summed E-state index contributed by atoms with van der Waals surface area (Å²) in [7, 11) is 1.65. The Labute approximate surface area is 143 Å². The van der Waals surface area contributed by atoms with Crippen molar-refractivity contribution in [2.75, 3.05) is 25.6 Å². The van der Waals surface area contributed by atoms with Gasteiger partial charge in [-0.1, -0.05) is 31.2 Å². The van der Waals surface area contributed by atoms with Gasteiger partial charge in [0.1, 0.15) is 5.75 Å². The Balaban J connectivity index is 1.70. The summed E-state index contributed by atoms with van der Waals surface area (Å²) in [4.78, 5) is 4.27. The molecule has 5 heteroatoms. The van der Waals surface area contributed by atoms with Crippen molar-refractivity contribution in [2.24, 2.45) is 10.7 Å². The minimum Gasteiger partial charge on any atom is -0.497 e. The first-order chi connectivity index (χ1) is 11.7. The lowest BCUT2D eigenvalue weighted by Gasteiger charge is -2.07. The number of aliphatic imine (C=N–C) groups is 1. The zero-order chi connectivity index (χ0) is 17.2. The van der Waals surface area contributed by atoms with Crippen molar-refractivity contribution in [3.05, 3.63) is 59.7 Å². The minimum absolute atomic E-state index is 0.399. The average Bonchev–Trinajstić information content (AvgIpc) is 2.62. The highest BCUT2D eigenvalue weighted by Crippen LogP contribution is 2.12. The molecule has 2 aromatic carbocycles. The third kappa shape index (κ3) is 5.93. The molecular formula is C19H25N3O2. The molecule has 0 amide bonds. The molecule has 0 aliphatic carbocycles. The molecule has 24 heavy (non-hydrogen) atoms. The summed E-state index contributed by atoms with van der Waals surface area (Å²) in [6, 6.07) is 16.0. The Morgan fingerprint density at radius 3 is 2.62 bits per heavy atom. The zero-order valence-electron chi connectivity index (χ0n) is 14.3. The fourth-order valence-electron chi connectivity index (χ4n) is 2.20. The quantitative estimate of drug-likeness (QED) is 0.444. The molecule has 0 atom stereocenters. The molecule has 5 nitrogen and oxygen atoms in total. The van der Waals surface area contributed by atoms with Gasteiger partial charge in [0.2, 0.25) is 0 Å². The topological polar surface area (TPSA) is 68.9 Å². The van der Waals surface area contributed by atoms with Gasteiger partial charge in [-0.05, 0) is 41.8 Å². The lowest BCUT2D eigenvalue weighted by Crippen LogP contribution is -2.23. The molecule has 0 heterocycles. The van der Waals surface area contributed by atoms with Crippen molar-refractivity contribution in [1.82, 2.24) is 0 Å². The zero-order valence-corrected chi connectivity index (χ0v) is 14.3. The molecule has 128 valence electrons. The van der Waals surface area contributed by atoms with Crippen LogP contribution in [0.2, 0.25) is 0 Å². The molecule has 0 radical (unpaired) electrons. The summed E-state index contributed by atoms with van der Waals surface area (Å²) in [6.07, 6.45) is 0.992. The minimum atomic E-state index is 0.399. The number of ether oxygens (including phenoxy) is 2. The Kier molecular flexibility index (Phi) is 7.11. The Morgan fingerprint density at radius 1 is 1.12 bits per heavy atom. The van der Waals surface area contributed by atoms with E-state index in [1.807, 2.05) is 36.4 Å². The summed E-state index contributed by atoms with van der Waals surface area (Å²) in [5, 5.41) is 3.10. The van der Waals surface area contributed by atoms with Crippen LogP contribution in [0.1, 0.15) is 18.1 Å². The molecule has 2 rings (SSSR count). The van der Waals surface area contributed by atoms with E-state index in [4.69, 9.17) is 15.2 Å². The number of aryl methyl sites for hydroxylation is 1. The van der Waals surface area contributed by atoms with E-state index in [0.29, 0.717) is 25.7 Å². The number of guanidine groups is 1. The largest absolute Gasteiger partial charge is 0.497 e. The predicted octanol–water partition coefficient (Wildman–Crippen LogP) is 3.20. The summed E-state index contributed by atoms with van der Waals surface area (Å²) in [6.45, 7) is 3.70. The smallest absolute Gasteiger partial charge is 0.193 e. The maximum absolute atomic E-state index is 5.89. The highest BCUT2D eigenvalue weighted by Gasteiger charge is 1.97. The summed E-state index contributed by atoms with van der Waals surface area (Å²) in [5.74, 6) is 1.24. The van der Waals surface area contributed by atoms with Crippen LogP contribution in [0.15, 0.2) is 53.5 Å². The van der Waals surface area contributed by atoms with Crippen LogP contribution in [-0.4, -0.2) is 26.2 Å². The van der Waals surface area contributed by atoms with E-state index >= 15 is 0 Å². The summed E-state index contributed by atoms with van der Waals surface area (Å²) >= 11 is 0. The van der Waals surface area contributed by atoms with Gasteiger partial charge in [0.05, 0.1) is 26.9 Å². The second-order valence-corrected chi connectivity index (χ2v) is 5.35. The van der Waals surface area contributed by atoms with Gasteiger partial charge in [0, 0.05) is 5.69 Å². The van der Waals surface area contributed by atoms with Crippen LogP contribution in [0.5, 0.6) is 5.75 Å². The number of hydrogen-bond donors (Lipinski definition) is 2. The number of anilines is 1. The third-order valence-electron chi connectivity index (χ3n) is 3.55. The molecule has 0 unspecified atom stereocenters. The van der Waals surface area contributed by atoms with E-state index in [-0.39, 0.29) is 0 Å². The van der Waals surface area contributed by atoms with Crippen LogP contribution in [-0.2, 0) is 17.8 Å². The second-order valence-electron chi connectivity index (χ2n) is 5.35. The number of nitrogens with zero attached hydrogens (tertiary/aromatic N) is 1. The SMILES string of the molecule is CCc1cccc(NC(N)=NCCOCc2ccc(OC)cc2)c1. The van der Waals surface area contributed by atoms with Gasteiger partial charge in [-0.3, -0.25) is 4.99 Å². The summed E-state index contributed by atoms with van der Waals surface area (Å²) < 4.78 is 10.7. The normalized spacial score (nSPS) is 11.3. The third-order valence-corrected chi connectivity index (χ3v) is 3.55. The molecule has 0 bridgehead atoms. The van der Waals surface area contributed by atoms with Crippen LogP contribution in [0, 0.1) is 0 Å². The number of nitrogens with one attached hydrogen (secondary N) is 1. The van der Waals surface area contributed by atoms with Crippen molar-refractivity contribution in [3.8, 4) is 5.75 Å². The van der Waals surface area contributed by atoms with E-state index in [0.717, 1.165) is 23.4 Å². The van der Waals surface area contributed by atoms with Gasteiger partial charge in [-0.15, -0.1) is 0 Å². The lowest BCUT2D eigenvalue weighted by molar-refractivity contribution is 0.128. The standard InChI is InChI=1S/C19H25N3O2/c1-3-15-5-4-6-17(13-15)22-19(20)21-11-12-24-14-16-7-9-18(23-2)10-8-16/h4-10,13H,3,11-12,14H2,1-2H3,(H3,20,21,22). The molecule has 0 aromatic heterocycles. The van der Waals surface area contributed by atoms with Gasteiger partial charge < -0.3 is 20.5 Å². The first-order valence-electron chi connectivity index (χ1n) is 8.08. The molecule has 0 fully saturated rings. The Bertz CT molecular complexity index is 654. The first-order valence-corrected chi connectivity index (χ1v) is 8.08. The van der Waals surface area contributed by atoms with Crippen molar-refractivity contribution in [1.29, 1.82) is 0 Å². The van der Waals surface area contributed by atoms with Gasteiger partial charge >= 0.3 is 0 Å². The van der Waals surface area contributed by atoms with E-state index in [9.17, 15) is 0 Å². The monoisotopic (exact) mass is 327 g/mol. The van der Waals surface area contributed by atoms with Gasteiger partial charge in [-0.2, -0.15) is 0 Å². The molecule has 3 N–H and O–H groups in total. The van der Waals surface area contributed by atoms with Gasteiger partial charge in [0.15, 0.2) is 5.96 Å². The number of methoxy groups -OCH3 is 1. The van der Waals surface area contributed by atoms with Crippen molar-refractivity contribution in [3.63, 3.8) is 0 Å². The van der Waals surface area contributed by atoms with Crippen LogP contribution in [0.3, 0.4) is 0 Å². The van der Waals surface area contributed by atoms with Crippen LogP contribution < -0.4 is 15.8 Å². The fraction of sp³-hybridized carbons (Fsp3) is 0.316. The molecule has 2 aromatic rings. The van der Waals surface area contributed by atoms with Gasteiger partial charge in [-0.25, -0.2) is 0 Å². The molecule has 0 spiro atoms. The molecular weight excluding hydrogens is 302 g/mol. The number of rotatable bonds is 8. The Morgan fingerprint density at radius 2 is 1.92 bits per heavy atom. The molecule has 0 aliphatic heterocycles. The molecule has 0 aliphatic rings. The van der Waals surface area contributed by atoms with Crippen molar-refractivity contribution in [2.45, 2.75) is 20.0 Å². The van der Waals surface area contributed by atoms with Crippen molar-refractivity contribution >= 4 is 11.6 Å². The van der Waals surface area contributed by atoms with Crippen molar-refractivity contribution < 1.29 is 9.47 Å². The average molecular weight is 327 g/mol. The Hall–Kier alpha value is -2.53. The van der Waals surface area contributed by atoms with Crippen LogP contribution in [0.25, 0.3) is 0 Å². The summed E-state index contributed by atoms with van der Waals surface area (Å²) in [5.41, 5.74) is 9.20. The van der Waals surface area contributed by atoms with Crippen LogP contribution >= 0.6 is 0 Å². The van der Waals surface area contributed by atoms with Gasteiger partial charge in [0.25, 0.3) is 0 Å². The van der Waals surface area contributed by atoms with E-state index in [2.05, 4.69) is 29.4 Å². The maximum Gasteiger partial charge on any atom is 0.193 e. The number of hydrogen-bond acceptors (Lipinski definition) is 3. The molecule has 0 saturated carbocycles. The predicted molar refractivity (Wildman–Crippen MR) is 98.6 cm³/mol. The first kappa shape index (κ1) is 17.8.